The van der Waals surface area contributed by atoms with E-state index in [1.165, 1.54) is 0 Å². The van der Waals surface area contributed by atoms with Crippen molar-refractivity contribution in [3.8, 4) is 5.75 Å². The average Bonchev–Trinajstić information content (AvgIpc) is 2.81. The van der Waals surface area contributed by atoms with Crippen molar-refractivity contribution in [1.82, 2.24) is 9.97 Å². The molecule has 0 unspecified atom stereocenters. The fourth-order valence-electron chi connectivity index (χ4n) is 4.52. The second-order valence-corrected chi connectivity index (χ2v) is 9.79. The maximum absolute atomic E-state index is 12.7. The minimum Gasteiger partial charge on any atom is -0.494 e. The molecule has 2 heterocycles. The Kier molecular flexibility index (Phi) is 9.51. The van der Waals surface area contributed by atoms with Gasteiger partial charge in [0.05, 0.1) is 24.0 Å². The Bertz CT molecular complexity index is 888. The number of hydrogen-bond donors (Lipinski definition) is 1. The number of carbonyl (C=O) groups is 1. The fraction of sp³-hybridized carbons (Fsp3) is 0.577. The molecule has 1 saturated heterocycles. The number of ketones is 1. The van der Waals surface area contributed by atoms with E-state index < -0.39 is 0 Å². The largest absolute Gasteiger partial charge is 0.494 e. The third-order valence-electron chi connectivity index (χ3n) is 6.58. The van der Waals surface area contributed by atoms with Crippen LogP contribution in [-0.4, -0.2) is 42.0 Å². The average molecular weight is 473 g/mol. The Morgan fingerprint density at radius 1 is 1.21 bits per heavy atom. The summed E-state index contributed by atoms with van der Waals surface area (Å²) in [5.41, 5.74) is 8.50. The van der Waals surface area contributed by atoms with Crippen LogP contribution in [0.25, 0.3) is 0 Å². The van der Waals surface area contributed by atoms with Gasteiger partial charge < -0.3 is 15.4 Å². The van der Waals surface area contributed by atoms with Crippen molar-refractivity contribution in [1.29, 1.82) is 0 Å². The van der Waals surface area contributed by atoms with Gasteiger partial charge in [-0.25, -0.2) is 9.97 Å². The molecule has 1 aromatic carbocycles. The minimum absolute atomic E-state index is 0.201. The lowest BCUT2D eigenvalue weighted by Crippen LogP contribution is -2.34. The van der Waals surface area contributed by atoms with Gasteiger partial charge in [0.2, 0.25) is 5.95 Å². The van der Waals surface area contributed by atoms with E-state index in [1.54, 1.807) is 12.4 Å². The first-order chi connectivity index (χ1) is 15.9. The van der Waals surface area contributed by atoms with Crippen molar-refractivity contribution in [2.45, 2.75) is 59.3 Å². The summed E-state index contributed by atoms with van der Waals surface area (Å²) in [7, 11) is 0. The maximum Gasteiger partial charge on any atom is 0.225 e. The van der Waals surface area contributed by atoms with Gasteiger partial charge in [-0.05, 0) is 87.6 Å². The molecule has 0 spiro atoms. The Balaban J connectivity index is 1.41. The van der Waals surface area contributed by atoms with Crippen LogP contribution in [0.2, 0.25) is 5.02 Å². The van der Waals surface area contributed by atoms with Crippen molar-refractivity contribution in [2.75, 3.05) is 31.1 Å². The predicted molar refractivity (Wildman–Crippen MR) is 134 cm³/mol. The molecule has 33 heavy (non-hydrogen) atoms. The molecule has 3 rings (SSSR count). The first-order valence-corrected chi connectivity index (χ1v) is 12.4. The Labute approximate surface area is 202 Å². The summed E-state index contributed by atoms with van der Waals surface area (Å²) in [5, 5.41) is 0.567. The predicted octanol–water partition coefficient (Wildman–Crippen LogP) is 5.38. The van der Waals surface area contributed by atoms with E-state index >= 15 is 0 Å². The zero-order valence-corrected chi connectivity index (χ0v) is 20.9. The summed E-state index contributed by atoms with van der Waals surface area (Å²) in [6, 6.07) is 3.99. The number of Topliss-reactive ketones (excluding diaryl/α,β-unsaturated/α-hetero) is 1. The standard InChI is InChI=1S/C26H37ClN4O2/c1-18(15-28)6-7-24(32)25-19(2)13-23(14-20(25)3)33-12-4-5-21-8-10-31(11-9-21)26-29-16-22(27)17-30-26/h13-14,16-18,21H,4-12,15,28H2,1-3H3/t18-/m1/s1. The molecule has 180 valence electrons. The number of benzene rings is 1. The van der Waals surface area contributed by atoms with Crippen LogP contribution in [0.15, 0.2) is 24.5 Å². The zero-order chi connectivity index (χ0) is 23.8. The fourth-order valence-corrected chi connectivity index (χ4v) is 4.62. The normalized spacial score (nSPS) is 15.5. The molecule has 1 aliphatic rings. The molecule has 1 fully saturated rings. The molecule has 2 N–H and O–H groups in total. The number of hydrogen-bond acceptors (Lipinski definition) is 6. The van der Waals surface area contributed by atoms with E-state index in [1.807, 2.05) is 26.0 Å². The summed E-state index contributed by atoms with van der Waals surface area (Å²) < 4.78 is 6.04. The summed E-state index contributed by atoms with van der Waals surface area (Å²) >= 11 is 5.88. The van der Waals surface area contributed by atoms with Crippen molar-refractivity contribution in [3.63, 3.8) is 0 Å². The number of halogens is 1. The van der Waals surface area contributed by atoms with Gasteiger partial charge in [-0.2, -0.15) is 0 Å². The van der Waals surface area contributed by atoms with Gasteiger partial charge in [0.1, 0.15) is 5.75 Å². The number of aromatic nitrogens is 2. The van der Waals surface area contributed by atoms with Crippen LogP contribution in [0, 0.1) is 25.7 Å². The highest BCUT2D eigenvalue weighted by molar-refractivity contribution is 6.30. The number of nitrogens with zero attached hydrogens (tertiary/aromatic N) is 3. The lowest BCUT2D eigenvalue weighted by atomic mass is 9.92. The van der Waals surface area contributed by atoms with E-state index in [4.69, 9.17) is 22.1 Å². The number of ether oxygens (including phenoxy) is 1. The van der Waals surface area contributed by atoms with Crippen LogP contribution >= 0.6 is 11.6 Å². The van der Waals surface area contributed by atoms with E-state index in [0.29, 0.717) is 36.4 Å². The van der Waals surface area contributed by atoms with Gasteiger partial charge in [-0.1, -0.05) is 18.5 Å². The van der Waals surface area contributed by atoms with Crippen LogP contribution in [0.5, 0.6) is 5.75 Å². The first kappa shape index (κ1) is 25.4. The summed E-state index contributed by atoms with van der Waals surface area (Å²) in [4.78, 5) is 23.6. The molecule has 7 heteroatoms. The zero-order valence-electron chi connectivity index (χ0n) is 20.1. The molecule has 0 bridgehead atoms. The van der Waals surface area contributed by atoms with Crippen LogP contribution in [0.4, 0.5) is 5.95 Å². The smallest absolute Gasteiger partial charge is 0.225 e. The van der Waals surface area contributed by atoms with Crippen LogP contribution < -0.4 is 15.4 Å². The second-order valence-electron chi connectivity index (χ2n) is 9.36. The maximum atomic E-state index is 12.7. The summed E-state index contributed by atoms with van der Waals surface area (Å²) in [6.45, 7) is 9.35. The topological polar surface area (TPSA) is 81.3 Å². The Morgan fingerprint density at radius 3 is 2.45 bits per heavy atom. The summed E-state index contributed by atoms with van der Waals surface area (Å²) in [5.74, 6) is 2.90. The van der Waals surface area contributed by atoms with Gasteiger partial charge in [-0.3, -0.25) is 4.79 Å². The molecule has 1 aromatic heterocycles. The van der Waals surface area contributed by atoms with Crippen LogP contribution in [0.1, 0.15) is 66.9 Å². The second kappa shape index (κ2) is 12.3. The molecule has 0 saturated carbocycles. The molecular weight excluding hydrogens is 436 g/mol. The molecule has 1 aliphatic heterocycles. The lowest BCUT2D eigenvalue weighted by molar-refractivity contribution is 0.0973. The number of nitrogens with two attached hydrogens (primary N) is 1. The number of anilines is 1. The monoisotopic (exact) mass is 472 g/mol. The van der Waals surface area contributed by atoms with E-state index in [2.05, 4.69) is 21.8 Å². The Morgan fingerprint density at radius 2 is 1.85 bits per heavy atom. The Hall–Kier alpha value is -2.18. The highest BCUT2D eigenvalue weighted by atomic mass is 35.5. The quantitative estimate of drug-likeness (QED) is 0.349. The summed E-state index contributed by atoms with van der Waals surface area (Å²) in [6.07, 6.45) is 9.15. The van der Waals surface area contributed by atoms with Gasteiger partial charge in [0.15, 0.2) is 5.78 Å². The molecular formula is C26H37ClN4O2. The third kappa shape index (κ3) is 7.41. The minimum atomic E-state index is 0.201. The molecule has 2 aromatic rings. The van der Waals surface area contributed by atoms with Crippen molar-refractivity contribution in [3.05, 3.63) is 46.2 Å². The molecule has 0 aliphatic carbocycles. The number of piperidine rings is 1. The number of carbonyl (C=O) groups excluding carboxylic acids is 1. The molecule has 0 radical (unpaired) electrons. The lowest BCUT2D eigenvalue weighted by Gasteiger charge is -2.32. The van der Waals surface area contributed by atoms with E-state index in [0.717, 1.165) is 73.6 Å². The SMILES string of the molecule is Cc1cc(OCCCC2CCN(c3ncc(Cl)cn3)CC2)cc(C)c1C(=O)CC[C@@H](C)CN. The highest BCUT2D eigenvalue weighted by Gasteiger charge is 2.21. The van der Waals surface area contributed by atoms with Gasteiger partial charge in [-0.15, -0.1) is 0 Å². The van der Waals surface area contributed by atoms with Crippen LogP contribution in [0.3, 0.4) is 0 Å². The van der Waals surface area contributed by atoms with E-state index in [-0.39, 0.29) is 5.78 Å². The molecule has 0 amide bonds. The van der Waals surface area contributed by atoms with Crippen molar-refractivity contribution < 1.29 is 9.53 Å². The third-order valence-corrected chi connectivity index (χ3v) is 6.78. The van der Waals surface area contributed by atoms with E-state index in [9.17, 15) is 4.79 Å². The molecule has 1 atom stereocenters. The number of aryl methyl sites for hydroxylation is 2. The van der Waals surface area contributed by atoms with Gasteiger partial charge in [0, 0.05) is 25.1 Å². The molecule has 6 nitrogen and oxygen atoms in total. The van der Waals surface area contributed by atoms with Crippen LogP contribution in [-0.2, 0) is 0 Å². The van der Waals surface area contributed by atoms with Crippen molar-refractivity contribution in [2.24, 2.45) is 17.6 Å². The highest BCUT2D eigenvalue weighted by Crippen LogP contribution is 2.26. The first-order valence-electron chi connectivity index (χ1n) is 12.1. The van der Waals surface area contributed by atoms with Gasteiger partial charge in [0.25, 0.3) is 0 Å². The van der Waals surface area contributed by atoms with Crippen molar-refractivity contribution >= 4 is 23.3 Å². The number of rotatable bonds is 11. The van der Waals surface area contributed by atoms with Gasteiger partial charge >= 0.3 is 0 Å².